The Morgan fingerprint density at radius 1 is 1.35 bits per heavy atom. The monoisotopic (exact) mass is 241 g/mol. The summed E-state index contributed by atoms with van der Waals surface area (Å²) in [6.07, 6.45) is 0. The van der Waals surface area contributed by atoms with Crippen molar-refractivity contribution < 1.29 is 18.7 Å². The summed E-state index contributed by atoms with van der Waals surface area (Å²) in [6, 6.07) is 3.79. The van der Waals surface area contributed by atoms with E-state index < -0.39 is 17.8 Å². The van der Waals surface area contributed by atoms with Crippen LogP contribution in [0.1, 0.15) is 11.6 Å². The van der Waals surface area contributed by atoms with E-state index in [0.29, 0.717) is 5.56 Å². The summed E-state index contributed by atoms with van der Waals surface area (Å²) >= 11 is 0. The molecule has 0 aromatic heterocycles. The van der Waals surface area contributed by atoms with Crippen molar-refractivity contribution in [1.82, 2.24) is 4.90 Å². The number of benzene rings is 1. The quantitative estimate of drug-likeness (QED) is 0.751. The van der Waals surface area contributed by atoms with Crippen LogP contribution in [0.3, 0.4) is 0 Å². The zero-order valence-corrected chi connectivity index (χ0v) is 10.4. The molecule has 5 heteroatoms. The zero-order chi connectivity index (χ0) is 13.0. The molecule has 1 aromatic rings. The second kappa shape index (κ2) is 5.63. The Labute approximate surface area is 99.9 Å². The highest BCUT2D eigenvalue weighted by Gasteiger charge is 2.24. The second-order valence-electron chi connectivity index (χ2n) is 3.78. The lowest BCUT2D eigenvalue weighted by molar-refractivity contribution is -0.146. The van der Waals surface area contributed by atoms with Crippen molar-refractivity contribution >= 4 is 5.97 Å². The lowest BCUT2D eigenvalue weighted by Gasteiger charge is -2.22. The normalized spacial score (nSPS) is 12.4. The molecule has 0 aliphatic carbocycles. The molecule has 0 heterocycles. The lowest BCUT2D eigenvalue weighted by atomic mass is 10.1. The standard InChI is InChI=1S/C12H16FNO3/c1-14(2)11(12(15)17-4)8-5-6-10(16-3)9(13)7-8/h5-7,11H,1-4H3. The summed E-state index contributed by atoms with van der Waals surface area (Å²) in [5.74, 6) is -0.781. The van der Waals surface area contributed by atoms with Crippen LogP contribution < -0.4 is 4.74 Å². The summed E-state index contributed by atoms with van der Waals surface area (Å²) in [5.41, 5.74) is 0.528. The van der Waals surface area contributed by atoms with Gasteiger partial charge in [0.1, 0.15) is 6.04 Å². The molecule has 1 unspecified atom stereocenters. The Bertz CT molecular complexity index is 407. The van der Waals surface area contributed by atoms with Gasteiger partial charge in [-0.2, -0.15) is 0 Å². The molecular formula is C12H16FNO3. The van der Waals surface area contributed by atoms with E-state index in [2.05, 4.69) is 0 Å². The molecule has 0 radical (unpaired) electrons. The Morgan fingerprint density at radius 3 is 2.41 bits per heavy atom. The minimum absolute atomic E-state index is 0.149. The maximum atomic E-state index is 13.5. The molecule has 4 nitrogen and oxygen atoms in total. The number of hydrogen-bond acceptors (Lipinski definition) is 4. The number of methoxy groups -OCH3 is 2. The fourth-order valence-electron chi connectivity index (χ4n) is 1.61. The number of esters is 1. The van der Waals surface area contributed by atoms with Crippen molar-refractivity contribution in [2.75, 3.05) is 28.3 Å². The van der Waals surface area contributed by atoms with Gasteiger partial charge in [0, 0.05) is 0 Å². The SMILES string of the molecule is COC(=O)C(c1ccc(OC)c(F)c1)N(C)C. The molecular weight excluding hydrogens is 225 g/mol. The first-order valence-corrected chi connectivity index (χ1v) is 5.09. The number of carbonyl (C=O) groups is 1. The molecule has 0 saturated carbocycles. The third-order valence-electron chi connectivity index (χ3n) is 2.43. The minimum atomic E-state index is -0.625. The molecule has 0 N–H and O–H groups in total. The molecule has 1 aromatic carbocycles. The number of nitrogens with zero attached hydrogens (tertiary/aromatic N) is 1. The predicted octanol–water partition coefficient (Wildman–Crippen LogP) is 1.61. The zero-order valence-electron chi connectivity index (χ0n) is 10.4. The summed E-state index contributed by atoms with van der Waals surface area (Å²) in [6.45, 7) is 0. The molecule has 94 valence electrons. The van der Waals surface area contributed by atoms with Crippen LogP contribution in [0.15, 0.2) is 18.2 Å². The first kappa shape index (κ1) is 13.4. The summed E-state index contributed by atoms with van der Waals surface area (Å²) < 4.78 is 23.1. The maximum Gasteiger partial charge on any atom is 0.327 e. The highest BCUT2D eigenvalue weighted by atomic mass is 19.1. The highest BCUT2D eigenvalue weighted by molar-refractivity contribution is 5.77. The van der Waals surface area contributed by atoms with Gasteiger partial charge in [-0.05, 0) is 31.8 Å². The summed E-state index contributed by atoms with van der Waals surface area (Å²) in [7, 11) is 6.15. The van der Waals surface area contributed by atoms with Crippen LogP contribution in [0, 0.1) is 5.82 Å². The third-order valence-corrected chi connectivity index (χ3v) is 2.43. The minimum Gasteiger partial charge on any atom is -0.494 e. The molecule has 0 fully saturated rings. The van der Waals surface area contributed by atoms with Crippen LogP contribution in [0.25, 0.3) is 0 Å². The third kappa shape index (κ3) is 2.94. The van der Waals surface area contributed by atoms with Crippen molar-refractivity contribution in [3.8, 4) is 5.75 Å². The Hall–Kier alpha value is -1.62. The molecule has 0 saturated heterocycles. The van der Waals surface area contributed by atoms with Gasteiger partial charge in [0.15, 0.2) is 11.6 Å². The van der Waals surface area contributed by atoms with E-state index in [9.17, 15) is 9.18 Å². The predicted molar refractivity (Wildman–Crippen MR) is 61.4 cm³/mol. The first-order chi connectivity index (χ1) is 8.01. The van der Waals surface area contributed by atoms with Gasteiger partial charge < -0.3 is 9.47 Å². The van der Waals surface area contributed by atoms with Crippen molar-refractivity contribution in [2.45, 2.75) is 6.04 Å². The van der Waals surface area contributed by atoms with Gasteiger partial charge in [0.25, 0.3) is 0 Å². The molecule has 1 atom stereocenters. The van der Waals surface area contributed by atoms with Gasteiger partial charge in [-0.15, -0.1) is 0 Å². The van der Waals surface area contributed by atoms with Gasteiger partial charge >= 0.3 is 5.97 Å². The van der Waals surface area contributed by atoms with Gasteiger partial charge in [-0.25, -0.2) is 9.18 Å². The maximum absolute atomic E-state index is 13.5. The average molecular weight is 241 g/mol. The Kier molecular flexibility index (Phi) is 4.45. The lowest BCUT2D eigenvalue weighted by Crippen LogP contribution is -2.28. The molecule has 0 amide bonds. The molecule has 0 spiro atoms. The largest absolute Gasteiger partial charge is 0.494 e. The molecule has 0 aliphatic rings. The van der Waals surface area contributed by atoms with E-state index in [4.69, 9.17) is 9.47 Å². The van der Waals surface area contributed by atoms with E-state index in [0.717, 1.165) is 0 Å². The number of rotatable bonds is 4. The Morgan fingerprint density at radius 2 is 2.00 bits per heavy atom. The fourth-order valence-corrected chi connectivity index (χ4v) is 1.61. The Balaban J connectivity index is 3.11. The van der Waals surface area contributed by atoms with Crippen LogP contribution in [0.5, 0.6) is 5.75 Å². The number of halogens is 1. The average Bonchev–Trinajstić information content (AvgIpc) is 2.28. The van der Waals surface area contributed by atoms with Crippen LogP contribution in [-0.4, -0.2) is 39.2 Å². The second-order valence-corrected chi connectivity index (χ2v) is 3.78. The van der Waals surface area contributed by atoms with E-state index in [1.165, 1.54) is 26.4 Å². The number of ether oxygens (including phenoxy) is 2. The van der Waals surface area contributed by atoms with Crippen molar-refractivity contribution in [3.63, 3.8) is 0 Å². The molecule has 0 bridgehead atoms. The summed E-state index contributed by atoms with van der Waals surface area (Å²) in [4.78, 5) is 13.3. The van der Waals surface area contributed by atoms with Crippen molar-refractivity contribution in [2.24, 2.45) is 0 Å². The summed E-state index contributed by atoms with van der Waals surface area (Å²) in [5, 5.41) is 0. The number of carbonyl (C=O) groups excluding carboxylic acids is 1. The van der Waals surface area contributed by atoms with E-state index in [1.807, 2.05) is 0 Å². The molecule has 17 heavy (non-hydrogen) atoms. The van der Waals surface area contributed by atoms with Crippen LogP contribution in [0.4, 0.5) is 4.39 Å². The van der Waals surface area contributed by atoms with E-state index in [1.54, 1.807) is 25.1 Å². The van der Waals surface area contributed by atoms with Crippen LogP contribution >= 0.6 is 0 Å². The van der Waals surface area contributed by atoms with E-state index >= 15 is 0 Å². The number of likely N-dealkylation sites (N-methyl/N-ethyl adjacent to an activating group) is 1. The number of hydrogen-bond donors (Lipinski definition) is 0. The molecule has 0 aliphatic heterocycles. The van der Waals surface area contributed by atoms with Gasteiger partial charge in [0.2, 0.25) is 0 Å². The van der Waals surface area contributed by atoms with Gasteiger partial charge in [-0.3, -0.25) is 4.90 Å². The first-order valence-electron chi connectivity index (χ1n) is 5.09. The molecule has 1 rings (SSSR count). The van der Waals surface area contributed by atoms with E-state index in [-0.39, 0.29) is 5.75 Å². The highest BCUT2D eigenvalue weighted by Crippen LogP contribution is 2.25. The van der Waals surface area contributed by atoms with Crippen molar-refractivity contribution in [1.29, 1.82) is 0 Å². The van der Waals surface area contributed by atoms with Gasteiger partial charge in [0.05, 0.1) is 14.2 Å². The van der Waals surface area contributed by atoms with Crippen LogP contribution in [-0.2, 0) is 9.53 Å². The topological polar surface area (TPSA) is 38.8 Å². The van der Waals surface area contributed by atoms with Crippen LogP contribution in [0.2, 0.25) is 0 Å². The fraction of sp³-hybridized carbons (Fsp3) is 0.417. The van der Waals surface area contributed by atoms with Gasteiger partial charge in [-0.1, -0.05) is 6.07 Å². The van der Waals surface area contributed by atoms with Crippen molar-refractivity contribution in [3.05, 3.63) is 29.6 Å². The smallest absolute Gasteiger partial charge is 0.327 e.